The van der Waals surface area contributed by atoms with Gasteiger partial charge in [0.25, 0.3) is 0 Å². The Kier molecular flexibility index (Phi) is 2.33. The van der Waals surface area contributed by atoms with Gasteiger partial charge >= 0.3 is 5.97 Å². The van der Waals surface area contributed by atoms with Gasteiger partial charge in [-0.25, -0.2) is 9.18 Å². The number of benzene rings is 1. The highest BCUT2D eigenvalue weighted by Gasteiger charge is 2.12. The van der Waals surface area contributed by atoms with E-state index < -0.39 is 11.8 Å². The van der Waals surface area contributed by atoms with Crippen LogP contribution in [-0.4, -0.2) is 18.1 Å². The molecular weight excluding hydrogens is 197 g/mol. The van der Waals surface area contributed by atoms with Crippen molar-refractivity contribution in [2.45, 2.75) is 0 Å². The largest absolute Gasteiger partial charge is 0.465 e. The van der Waals surface area contributed by atoms with Crippen LogP contribution in [0.2, 0.25) is 0 Å². The molecule has 2 aromatic rings. The Morgan fingerprint density at radius 1 is 1.40 bits per heavy atom. The van der Waals surface area contributed by atoms with Gasteiger partial charge in [0.1, 0.15) is 11.3 Å². The van der Waals surface area contributed by atoms with Crippen molar-refractivity contribution >= 4 is 16.9 Å². The Morgan fingerprint density at radius 2 is 2.20 bits per heavy atom. The standard InChI is InChI=1S/C11H8FNO2/c1-15-11(14)8-4-5-9(12)10-7(8)3-2-6-13-10/h2-6H,1H3. The molecule has 15 heavy (non-hydrogen) atoms. The second-order valence-corrected chi connectivity index (χ2v) is 2.99. The van der Waals surface area contributed by atoms with Crippen molar-refractivity contribution in [1.29, 1.82) is 0 Å². The number of pyridine rings is 1. The summed E-state index contributed by atoms with van der Waals surface area (Å²) in [4.78, 5) is 15.2. The molecule has 0 aliphatic carbocycles. The van der Waals surface area contributed by atoms with Crippen LogP contribution in [0.15, 0.2) is 30.5 Å². The van der Waals surface area contributed by atoms with Gasteiger partial charge in [0.2, 0.25) is 0 Å². The fourth-order valence-electron chi connectivity index (χ4n) is 1.43. The van der Waals surface area contributed by atoms with Gasteiger partial charge in [0, 0.05) is 11.6 Å². The number of nitrogens with zero attached hydrogens (tertiary/aromatic N) is 1. The zero-order chi connectivity index (χ0) is 10.8. The summed E-state index contributed by atoms with van der Waals surface area (Å²) in [6.45, 7) is 0. The number of hydrogen-bond donors (Lipinski definition) is 0. The van der Waals surface area contributed by atoms with Crippen LogP contribution in [0.5, 0.6) is 0 Å². The quantitative estimate of drug-likeness (QED) is 0.669. The molecule has 0 N–H and O–H groups in total. The van der Waals surface area contributed by atoms with E-state index in [9.17, 15) is 9.18 Å². The number of halogens is 1. The maximum Gasteiger partial charge on any atom is 0.338 e. The summed E-state index contributed by atoms with van der Waals surface area (Å²) in [6.07, 6.45) is 1.48. The van der Waals surface area contributed by atoms with E-state index >= 15 is 0 Å². The fraction of sp³-hybridized carbons (Fsp3) is 0.0909. The van der Waals surface area contributed by atoms with E-state index in [1.54, 1.807) is 12.1 Å². The molecule has 0 bridgehead atoms. The van der Waals surface area contributed by atoms with Crippen LogP contribution in [0.4, 0.5) is 4.39 Å². The summed E-state index contributed by atoms with van der Waals surface area (Å²) >= 11 is 0. The monoisotopic (exact) mass is 205 g/mol. The first-order chi connectivity index (χ1) is 7.24. The van der Waals surface area contributed by atoms with Gasteiger partial charge in [-0.05, 0) is 18.2 Å². The molecule has 0 saturated carbocycles. The predicted octanol–water partition coefficient (Wildman–Crippen LogP) is 2.16. The minimum Gasteiger partial charge on any atom is -0.465 e. The molecule has 1 heterocycles. The first-order valence-electron chi connectivity index (χ1n) is 4.35. The Bertz CT molecular complexity index is 525. The van der Waals surface area contributed by atoms with Crippen LogP contribution in [-0.2, 0) is 4.74 Å². The second-order valence-electron chi connectivity index (χ2n) is 2.99. The number of carbonyl (C=O) groups is 1. The molecule has 0 unspecified atom stereocenters. The molecule has 0 atom stereocenters. The van der Waals surface area contributed by atoms with Gasteiger partial charge in [-0.1, -0.05) is 6.07 Å². The van der Waals surface area contributed by atoms with Gasteiger partial charge in [0.15, 0.2) is 0 Å². The molecule has 0 spiro atoms. The van der Waals surface area contributed by atoms with Crippen LogP contribution in [0, 0.1) is 5.82 Å². The van der Waals surface area contributed by atoms with Gasteiger partial charge in [-0.3, -0.25) is 4.98 Å². The molecule has 0 amide bonds. The summed E-state index contributed by atoms with van der Waals surface area (Å²) in [5.41, 5.74) is 0.502. The van der Waals surface area contributed by atoms with Crippen molar-refractivity contribution in [1.82, 2.24) is 4.98 Å². The lowest BCUT2D eigenvalue weighted by molar-refractivity contribution is 0.0603. The summed E-state index contributed by atoms with van der Waals surface area (Å²) in [6, 6.07) is 5.89. The van der Waals surface area contributed by atoms with E-state index in [4.69, 9.17) is 0 Å². The van der Waals surface area contributed by atoms with E-state index in [1.807, 2.05) is 0 Å². The van der Waals surface area contributed by atoms with Crippen LogP contribution in [0.1, 0.15) is 10.4 Å². The summed E-state index contributed by atoms with van der Waals surface area (Å²) in [5, 5.41) is 0.462. The van der Waals surface area contributed by atoms with Crippen molar-refractivity contribution in [2.75, 3.05) is 7.11 Å². The normalized spacial score (nSPS) is 10.3. The highest BCUT2D eigenvalue weighted by Crippen LogP contribution is 2.20. The molecule has 4 heteroatoms. The maximum atomic E-state index is 13.3. The first-order valence-corrected chi connectivity index (χ1v) is 4.35. The van der Waals surface area contributed by atoms with Crippen LogP contribution in [0.25, 0.3) is 10.9 Å². The number of fused-ring (bicyclic) bond motifs is 1. The minimum absolute atomic E-state index is 0.181. The van der Waals surface area contributed by atoms with Gasteiger partial charge in [-0.2, -0.15) is 0 Å². The Balaban J connectivity index is 2.77. The number of methoxy groups -OCH3 is 1. The van der Waals surface area contributed by atoms with E-state index in [0.717, 1.165) is 0 Å². The van der Waals surface area contributed by atoms with Gasteiger partial charge in [0.05, 0.1) is 12.7 Å². The van der Waals surface area contributed by atoms with Gasteiger partial charge < -0.3 is 4.74 Å². The van der Waals surface area contributed by atoms with Crippen molar-refractivity contribution in [3.05, 3.63) is 41.8 Å². The minimum atomic E-state index is -0.493. The molecule has 0 radical (unpaired) electrons. The Morgan fingerprint density at radius 3 is 2.93 bits per heavy atom. The molecule has 0 fully saturated rings. The van der Waals surface area contributed by atoms with Crippen LogP contribution >= 0.6 is 0 Å². The number of esters is 1. The molecule has 3 nitrogen and oxygen atoms in total. The van der Waals surface area contributed by atoms with E-state index in [2.05, 4.69) is 9.72 Å². The number of ether oxygens (including phenoxy) is 1. The van der Waals surface area contributed by atoms with Crippen molar-refractivity contribution < 1.29 is 13.9 Å². The molecule has 1 aromatic carbocycles. The summed E-state index contributed by atoms with van der Waals surface area (Å²) < 4.78 is 17.9. The third-order valence-corrected chi connectivity index (χ3v) is 2.13. The average molecular weight is 205 g/mol. The van der Waals surface area contributed by atoms with E-state index in [0.29, 0.717) is 10.9 Å². The average Bonchev–Trinajstić information content (AvgIpc) is 2.29. The number of aromatic nitrogens is 1. The zero-order valence-electron chi connectivity index (χ0n) is 8.03. The summed E-state index contributed by atoms with van der Waals surface area (Å²) in [7, 11) is 1.29. The molecule has 2 rings (SSSR count). The predicted molar refractivity (Wildman–Crippen MR) is 53.0 cm³/mol. The van der Waals surface area contributed by atoms with Gasteiger partial charge in [-0.15, -0.1) is 0 Å². The smallest absolute Gasteiger partial charge is 0.338 e. The molecule has 0 aliphatic heterocycles. The van der Waals surface area contributed by atoms with E-state index in [-0.39, 0.29) is 5.52 Å². The van der Waals surface area contributed by atoms with Crippen molar-refractivity contribution in [2.24, 2.45) is 0 Å². The molecule has 0 aliphatic rings. The molecule has 76 valence electrons. The maximum absolute atomic E-state index is 13.3. The van der Waals surface area contributed by atoms with E-state index in [1.165, 1.54) is 25.4 Å². The molecule has 0 saturated heterocycles. The Labute approximate surface area is 85.5 Å². The Hall–Kier alpha value is -1.97. The topological polar surface area (TPSA) is 39.2 Å². The van der Waals surface area contributed by atoms with Crippen molar-refractivity contribution in [3.8, 4) is 0 Å². The number of hydrogen-bond acceptors (Lipinski definition) is 3. The molecule has 1 aromatic heterocycles. The zero-order valence-corrected chi connectivity index (χ0v) is 8.03. The summed E-state index contributed by atoms with van der Waals surface area (Å²) in [5.74, 6) is -0.939. The number of carbonyl (C=O) groups excluding carboxylic acids is 1. The lowest BCUT2D eigenvalue weighted by atomic mass is 10.1. The SMILES string of the molecule is COC(=O)c1ccc(F)c2ncccc12. The highest BCUT2D eigenvalue weighted by molar-refractivity contribution is 6.03. The third-order valence-electron chi connectivity index (χ3n) is 2.13. The molecular formula is C11H8FNO2. The lowest BCUT2D eigenvalue weighted by Gasteiger charge is -2.04. The first kappa shape index (κ1) is 9.58. The third kappa shape index (κ3) is 1.54. The second kappa shape index (κ2) is 3.65. The van der Waals surface area contributed by atoms with Crippen LogP contribution in [0.3, 0.4) is 0 Å². The van der Waals surface area contributed by atoms with Crippen LogP contribution < -0.4 is 0 Å². The van der Waals surface area contributed by atoms with Crippen molar-refractivity contribution in [3.63, 3.8) is 0 Å². The number of rotatable bonds is 1. The fourth-order valence-corrected chi connectivity index (χ4v) is 1.43. The lowest BCUT2D eigenvalue weighted by Crippen LogP contribution is -2.03. The highest BCUT2D eigenvalue weighted by atomic mass is 19.1.